The van der Waals surface area contributed by atoms with E-state index in [1.54, 1.807) is 34.1 Å². The molecule has 2 aromatic carbocycles. The Morgan fingerprint density at radius 2 is 1.52 bits per heavy atom. The molecule has 7 heteroatoms. The first-order valence-electron chi connectivity index (χ1n) is 7.82. The molecule has 1 aliphatic heterocycles. The third-order valence-electron chi connectivity index (χ3n) is 4.14. The summed E-state index contributed by atoms with van der Waals surface area (Å²) in [6, 6.07) is 11.0. The number of rotatable bonds is 2. The summed E-state index contributed by atoms with van der Waals surface area (Å²) < 4.78 is 0.697. The smallest absolute Gasteiger partial charge is 0.257 e. The molecule has 0 bridgehead atoms. The predicted octanol–water partition coefficient (Wildman–Crippen LogP) is 2.46. The molecule has 1 fully saturated rings. The molecule has 25 heavy (non-hydrogen) atoms. The van der Waals surface area contributed by atoms with Crippen molar-refractivity contribution in [3.63, 3.8) is 0 Å². The van der Waals surface area contributed by atoms with Crippen molar-refractivity contribution in [1.82, 2.24) is 9.80 Å². The zero-order chi connectivity index (χ0) is 18.0. The second kappa shape index (κ2) is 7.14. The van der Waals surface area contributed by atoms with Crippen molar-refractivity contribution in [2.45, 2.75) is 0 Å². The second-order valence-corrected chi connectivity index (χ2v) is 6.71. The molecule has 0 atom stereocenters. The third kappa shape index (κ3) is 3.76. The van der Waals surface area contributed by atoms with Crippen molar-refractivity contribution in [2.24, 2.45) is 0 Å². The zero-order valence-electron chi connectivity index (χ0n) is 13.4. The van der Waals surface area contributed by atoms with E-state index < -0.39 is 0 Å². The van der Waals surface area contributed by atoms with Crippen LogP contribution in [0.2, 0.25) is 0 Å². The summed E-state index contributed by atoms with van der Waals surface area (Å²) in [5.74, 6) is -0.452. The Morgan fingerprint density at radius 1 is 0.880 bits per heavy atom. The van der Waals surface area contributed by atoms with Gasteiger partial charge in [-0.25, -0.2) is 0 Å². The number of phenols is 2. The lowest BCUT2D eigenvalue weighted by Gasteiger charge is -2.35. The van der Waals surface area contributed by atoms with E-state index in [2.05, 4.69) is 15.9 Å². The maximum absolute atomic E-state index is 12.5. The van der Waals surface area contributed by atoms with E-state index in [4.69, 9.17) is 0 Å². The number of benzene rings is 2. The van der Waals surface area contributed by atoms with Gasteiger partial charge >= 0.3 is 0 Å². The minimum Gasteiger partial charge on any atom is -0.508 e. The molecule has 0 spiro atoms. The lowest BCUT2D eigenvalue weighted by atomic mass is 10.1. The van der Waals surface area contributed by atoms with Crippen LogP contribution in [0, 0.1) is 0 Å². The maximum Gasteiger partial charge on any atom is 0.257 e. The summed E-state index contributed by atoms with van der Waals surface area (Å²) in [6.45, 7) is 1.58. The summed E-state index contributed by atoms with van der Waals surface area (Å²) in [4.78, 5) is 28.3. The molecule has 0 radical (unpaired) electrons. The van der Waals surface area contributed by atoms with Crippen LogP contribution in [0.15, 0.2) is 46.9 Å². The summed E-state index contributed by atoms with van der Waals surface area (Å²) in [7, 11) is 0. The molecule has 1 saturated heterocycles. The molecular weight excluding hydrogens is 388 g/mol. The number of carbonyl (C=O) groups is 2. The number of carbonyl (C=O) groups excluding carboxylic acids is 2. The average Bonchev–Trinajstić information content (AvgIpc) is 2.61. The first-order valence-corrected chi connectivity index (χ1v) is 8.61. The third-order valence-corrected chi connectivity index (χ3v) is 4.63. The van der Waals surface area contributed by atoms with E-state index in [0.717, 1.165) is 0 Å². The van der Waals surface area contributed by atoms with Crippen molar-refractivity contribution in [3.8, 4) is 11.5 Å². The molecule has 0 aromatic heterocycles. The van der Waals surface area contributed by atoms with Crippen molar-refractivity contribution < 1.29 is 19.8 Å². The van der Waals surface area contributed by atoms with E-state index >= 15 is 0 Å². The van der Waals surface area contributed by atoms with E-state index in [1.165, 1.54) is 18.2 Å². The largest absolute Gasteiger partial charge is 0.508 e. The van der Waals surface area contributed by atoms with Gasteiger partial charge in [-0.15, -0.1) is 0 Å². The van der Waals surface area contributed by atoms with Crippen LogP contribution < -0.4 is 0 Å². The molecule has 6 nitrogen and oxygen atoms in total. The van der Waals surface area contributed by atoms with Crippen molar-refractivity contribution in [1.29, 1.82) is 0 Å². The van der Waals surface area contributed by atoms with Crippen LogP contribution in [0.4, 0.5) is 0 Å². The number of nitrogens with zero attached hydrogens (tertiary/aromatic N) is 2. The Kier molecular flexibility index (Phi) is 4.94. The predicted molar refractivity (Wildman–Crippen MR) is 95.7 cm³/mol. The Morgan fingerprint density at radius 3 is 2.12 bits per heavy atom. The quantitative estimate of drug-likeness (QED) is 0.805. The monoisotopic (exact) mass is 404 g/mol. The highest BCUT2D eigenvalue weighted by molar-refractivity contribution is 9.10. The van der Waals surface area contributed by atoms with Gasteiger partial charge in [0.1, 0.15) is 11.5 Å². The van der Waals surface area contributed by atoms with E-state index in [9.17, 15) is 19.8 Å². The molecule has 2 N–H and O–H groups in total. The van der Waals surface area contributed by atoms with Crippen LogP contribution in [-0.4, -0.2) is 58.0 Å². The zero-order valence-corrected chi connectivity index (χ0v) is 14.9. The van der Waals surface area contributed by atoms with Gasteiger partial charge in [0.05, 0.1) is 5.56 Å². The Labute approximate surface area is 153 Å². The minimum absolute atomic E-state index is 0.0466. The van der Waals surface area contributed by atoms with E-state index in [1.807, 2.05) is 0 Å². The van der Waals surface area contributed by atoms with Gasteiger partial charge in [0.2, 0.25) is 0 Å². The van der Waals surface area contributed by atoms with E-state index in [-0.39, 0.29) is 28.9 Å². The molecule has 0 unspecified atom stereocenters. The fourth-order valence-electron chi connectivity index (χ4n) is 2.79. The SMILES string of the molecule is O=C(c1cccc(O)c1)N1CCN(C(=O)c2ccc(Br)cc2O)CC1. The van der Waals surface area contributed by atoms with Crippen LogP contribution >= 0.6 is 15.9 Å². The first-order chi connectivity index (χ1) is 12.0. The van der Waals surface area contributed by atoms with Gasteiger partial charge < -0.3 is 20.0 Å². The maximum atomic E-state index is 12.5. The summed E-state index contributed by atoms with van der Waals surface area (Å²) in [6.07, 6.45) is 0. The lowest BCUT2D eigenvalue weighted by Crippen LogP contribution is -2.50. The van der Waals surface area contributed by atoms with Crippen LogP contribution in [0.3, 0.4) is 0 Å². The summed E-state index contributed by atoms with van der Waals surface area (Å²) >= 11 is 3.25. The van der Waals surface area contributed by atoms with Crippen LogP contribution in [0.1, 0.15) is 20.7 Å². The number of halogens is 1. The van der Waals surface area contributed by atoms with Gasteiger partial charge in [-0.3, -0.25) is 9.59 Å². The Hall–Kier alpha value is -2.54. The minimum atomic E-state index is -0.255. The topological polar surface area (TPSA) is 81.1 Å². The normalized spacial score (nSPS) is 14.4. The number of hydrogen-bond acceptors (Lipinski definition) is 4. The number of hydrogen-bond donors (Lipinski definition) is 2. The van der Waals surface area contributed by atoms with Gasteiger partial charge in [-0.1, -0.05) is 22.0 Å². The highest BCUT2D eigenvalue weighted by Gasteiger charge is 2.26. The van der Waals surface area contributed by atoms with Crippen LogP contribution in [-0.2, 0) is 0 Å². The Balaban J connectivity index is 1.65. The number of aromatic hydroxyl groups is 2. The number of amides is 2. The molecule has 3 rings (SSSR count). The Bertz CT molecular complexity index is 816. The molecule has 0 aliphatic carbocycles. The van der Waals surface area contributed by atoms with Crippen LogP contribution in [0.5, 0.6) is 11.5 Å². The van der Waals surface area contributed by atoms with Gasteiger partial charge in [0.15, 0.2) is 0 Å². The van der Waals surface area contributed by atoms with Gasteiger partial charge in [0.25, 0.3) is 11.8 Å². The van der Waals surface area contributed by atoms with Gasteiger partial charge in [-0.2, -0.15) is 0 Å². The molecule has 0 saturated carbocycles. The standard InChI is InChI=1S/C18H17BrN2O4/c19-13-4-5-15(16(23)11-13)18(25)21-8-6-20(7-9-21)17(24)12-2-1-3-14(22)10-12/h1-5,10-11,22-23H,6-9H2. The molecule has 130 valence electrons. The fraction of sp³-hybridized carbons (Fsp3) is 0.222. The second-order valence-electron chi connectivity index (χ2n) is 5.80. The molecule has 1 heterocycles. The lowest BCUT2D eigenvalue weighted by molar-refractivity contribution is 0.0533. The highest BCUT2D eigenvalue weighted by Crippen LogP contribution is 2.24. The first kappa shape index (κ1) is 17.3. The average molecular weight is 405 g/mol. The number of phenolic OH excluding ortho intramolecular Hbond substituents is 2. The molecule has 2 aromatic rings. The molecule has 2 amide bonds. The fourth-order valence-corrected chi connectivity index (χ4v) is 3.14. The van der Waals surface area contributed by atoms with Gasteiger partial charge in [0, 0.05) is 36.2 Å². The van der Waals surface area contributed by atoms with Gasteiger partial charge in [-0.05, 0) is 36.4 Å². The number of piperazine rings is 1. The van der Waals surface area contributed by atoms with Crippen molar-refractivity contribution >= 4 is 27.7 Å². The molecular formula is C18H17BrN2O4. The van der Waals surface area contributed by atoms with Crippen molar-refractivity contribution in [3.05, 3.63) is 58.1 Å². The summed E-state index contributed by atoms with van der Waals surface area (Å²) in [5, 5.41) is 19.4. The van der Waals surface area contributed by atoms with Crippen LogP contribution in [0.25, 0.3) is 0 Å². The highest BCUT2D eigenvalue weighted by atomic mass is 79.9. The molecule has 1 aliphatic rings. The summed E-state index contributed by atoms with van der Waals surface area (Å²) in [5.41, 5.74) is 0.668. The van der Waals surface area contributed by atoms with E-state index in [0.29, 0.717) is 36.2 Å². The van der Waals surface area contributed by atoms with Crippen molar-refractivity contribution in [2.75, 3.05) is 26.2 Å².